The lowest BCUT2D eigenvalue weighted by Crippen LogP contribution is -2.29. The van der Waals surface area contributed by atoms with E-state index >= 15 is 0 Å². The Labute approximate surface area is 172 Å². The van der Waals surface area contributed by atoms with Gasteiger partial charge in [-0.15, -0.1) is 0 Å². The van der Waals surface area contributed by atoms with Crippen LogP contribution in [-0.4, -0.2) is 37.6 Å². The average molecular weight is 440 g/mol. The number of benzene rings is 2. The van der Waals surface area contributed by atoms with E-state index in [4.69, 9.17) is 11.6 Å². The fourth-order valence-electron chi connectivity index (χ4n) is 3.00. The molecule has 1 fully saturated rings. The number of nitrogens with zero attached hydrogens (tertiary/aromatic N) is 1. The summed E-state index contributed by atoms with van der Waals surface area (Å²) in [5.74, 6) is -1.82. The average Bonchev–Trinajstić information content (AvgIpc) is 3.19. The van der Waals surface area contributed by atoms with Crippen molar-refractivity contribution in [1.29, 1.82) is 0 Å². The van der Waals surface area contributed by atoms with Crippen molar-refractivity contribution in [3.8, 4) is 0 Å². The van der Waals surface area contributed by atoms with E-state index in [-0.39, 0.29) is 16.5 Å². The highest BCUT2D eigenvalue weighted by Gasteiger charge is 2.30. The van der Waals surface area contributed by atoms with Gasteiger partial charge in [-0.2, -0.15) is 4.31 Å². The summed E-state index contributed by atoms with van der Waals surface area (Å²) in [6.45, 7) is 2.00. The first kappa shape index (κ1) is 21.2. The monoisotopic (exact) mass is 439 g/mol. The lowest BCUT2D eigenvalue weighted by Gasteiger charge is -2.16. The molecular formula is C19H19ClFN3O4S. The molecule has 0 radical (unpaired) electrons. The summed E-state index contributed by atoms with van der Waals surface area (Å²) < 4.78 is 40.8. The third kappa shape index (κ3) is 4.75. The van der Waals surface area contributed by atoms with Crippen LogP contribution in [0.5, 0.6) is 0 Å². The number of hydrogen-bond donors (Lipinski definition) is 2. The van der Waals surface area contributed by atoms with Crippen LogP contribution in [0.25, 0.3) is 0 Å². The molecular weight excluding hydrogens is 421 g/mol. The van der Waals surface area contributed by atoms with E-state index in [0.717, 1.165) is 25.0 Å². The van der Waals surface area contributed by atoms with Crippen LogP contribution >= 0.6 is 11.6 Å². The minimum absolute atomic E-state index is 0.00812. The number of sulfonamides is 1. The van der Waals surface area contributed by atoms with Crippen LogP contribution < -0.4 is 10.6 Å². The van der Waals surface area contributed by atoms with Crippen LogP contribution in [0, 0.1) is 5.82 Å². The summed E-state index contributed by atoms with van der Waals surface area (Å²) in [7, 11) is -4.01. The highest BCUT2D eigenvalue weighted by Crippen LogP contribution is 2.27. The lowest BCUT2D eigenvalue weighted by atomic mass is 10.2. The second-order valence-corrected chi connectivity index (χ2v) is 8.90. The topological polar surface area (TPSA) is 95.6 Å². The summed E-state index contributed by atoms with van der Waals surface area (Å²) >= 11 is 6.08. The fourth-order valence-corrected chi connectivity index (χ4v) is 4.83. The Hall–Kier alpha value is -2.49. The summed E-state index contributed by atoms with van der Waals surface area (Å²) in [4.78, 5) is 23.1. The molecule has 0 atom stereocenters. The molecule has 29 heavy (non-hydrogen) atoms. The van der Waals surface area contributed by atoms with Gasteiger partial charge >= 0.3 is 0 Å². The van der Waals surface area contributed by atoms with E-state index in [1.165, 1.54) is 35.5 Å². The number of rotatable bonds is 5. The van der Waals surface area contributed by atoms with E-state index in [9.17, 15) is 22.4 Å². The first-order chi connectivity index (χ1) is 13.7. The normalized spacial score (nSPS) is 14.6. The molecule has 2 amide bonds. The van der Waals surface area contributed by atoms with Gasteiger partial charge in [0, 0.05) is 31.3 Å². The zero-order valence-corrected chi connectivity index (χ0v) is 17.1. The summed E-state index contributed by atoms with van der Waals surface area (Å²) in [6.07, 6.45) is 1.44. The standard InChI is InChI=1S/C19H19ClFN3O4S/c1-12(25)22-17-7-5-14(11-15(17)20)23-19(26)13-4-6-16(21)18(10-13)29(27,28)24-8-2-3-9-24/h4-7,10-11H,2-3,8-9H2,1H3,(H,22,25)(H,23,26). The van der Waals surface area contributed by atoms with E-state index in [1.54, 1.807) is 0 Å². The molecule has 1 saturated heterocycles. The number of carbonyl (C=O) groups excluding carboxylic acids is 2. The minimum atomic E-state index is -4.01. The molecule has 0 saturated carbocycles. The Bertz CT molecular complexity index is 1070. The Kier molecular flexibility index (Phi) is 6.21. The molecule has 0 aromatic heterocycles. The lowest BCUT2D eigenvalue weighted by molar-refractivity contribution is -0.114. The maximum absolute atomic E-state index is 14.2. The van der Waals surface area contributed by atoms with Crippen molar-refractivity contribution >= 4 is 44.8 Å². The molecule has 1 aliphatic rings. The van der Waals surface area contributed by atoms with Gasteiger partial charge in [-0.3, -0.25) is 9.59 Å². The van der Waals surface area contributed by atoms with Gasteiger partial charge in [0.15, 0.2) is 0 Å². The van der Waals surface area contributed by atoms with Crippen molar-refractivity contribution in [2.75, 3.05) is 23.7 Å². The van der Waals surface area contributed by atoms with E-state index in [1.807, 2.05) is 0 Å². The number of anilines is 2. The molecule has 7 nitrogen and oxygen atoms in total. The first-order valence-corrected chi connectivity index (χ1v) is 10.7. The number of nitrogens with one attached hydrogen (secondary N) is 2. The van der Waals surface area contributed by atoms with Gasteiger partial charge in [0.1, 0.15) is 10.7 Å². The molecule has 0 unspecified atom stereocenters. The number of halogens is 2. The van der Waals surface area contributed by atoms with Gasteiger partial charge in [-0.05, 0) is 49.2 Å². The fraction of sp³-hybridized carbons (Fsp3) is 0.263. The summed E-state index contributed by atoms with van der Waals surface area (Å²) in [5.41, 5.74) is 0.714. The predicted molar refractivity (Wildman–Crippen MR) is 108 cm³/mol. The number of carbonyl (C=O) groups is 2. The van der Waals surface area contributed by atoms with Crippen LogP contribution in [0.15, 0.2) is 41.3 Å². The molecule has 0 aliphatic carbocycles. The maximum atomic E-state index is 14.2. The zero-order chi connectivity index (χ0) is 21.2. The maximum Gasteiger partial charge on any atom is 0.255 e. The van der Waals surface area contributed by atoms with Crippen molar-refractivity contribution in [2.24, 2.45) is 0 Å². The highest BCUT2D eigenvalue weighted by molar-refractivity contribution is 7.89. The molecule has 0 spiro atoms. The third-order valence-electron chi connectivity index (χ3n) is 4.41. The van der Waals surface area contributed by atoms with Crippen molar-refractivity contribution in [3.05, 3.63) is 52.8 Å². The molecule has 2 N–H and O–H groups in total. The third-order valence-corrected chi connectivity index (χ3v) is 6.64. The van der Waals surface area contributed by atoms with Crippen molar-refractivity contribution in [2.45, 2.75) is 24.7 Å². The first-order valence-electron chi connectivity index (χ1n) is 8.86. The van der Waals surface area contributed by atoms with E-state index < -0.39 is 26.6 Å². The summed E-state index contributed by atoms with van der Waals surface area (Å²) in [6, 6.07) is 7.70. The Morgan fingerprint density at radius 2 is 1.76 bits per heavy atom. The van der Waals surface area contributed by atoms with Gasteiger partial charge in [-0.1, -0.05) is 11.6 Å². The quantitative estimate of drug-likeness (QED) is 0.745. The predicted octanol–water partition coefficient (Wildman–Crippen LogP) is 3.47. The molecule has 0 bridgehead atoms. The van der Waals surface area contributed by atoms with Gasteiger partial charge in [-0.25, -0.2) is 12.8 Å². The molecule has 3 rings (SSSR count). The second kappa shape index (κ2) is 8.48. The zero-order valence-electron chi connectivity index (χ0n) is 15.5. The summed E-state index contributed by atoms with van der Waals surface area (Å²) in [5, 5.41) is 5.34. The second-order valence-electron chi connectivity index (χ2n) is 6.59. The Morgan fingerprint density at radius 3 is 2.38 bits per heavy atom. The van der Waals surface area contributed by atoms with Crippen LogP contribution in [0.3, 0.4) is 0 Å². The van der Waals surface area contributed by atoms with Gasteiger partial charge in [0.05, 0.1) is 10.7 Å². The van der Waals surface area contributed by atoms with Crippen LogP contribution in [0.4, 0.5) is 15.8 Å². The van der Waals surface area contributed by atoms with Crippen molar-refractivity contribution < 1.29 is 22.4 Å². The van der Waals surface area contributed by atoms with Gasteiger partial charge in [0.25, 0.3) is 5.91 Å². The molecule has 1 aliphatic heterocycles. The molecule has 1 heterocycles. The van der Waals surface area contributed by atoms with E-state index in [0.29, 0.717) is 24.5 Å². The molecule has 2 aromatic rings. The minimum Gasteiger partial charge on any atom is -0.325 e. The van der Waals surface area contributed by atoms with Crippen molar-refractivity contribution in [3.63, 3.8) is 0 Å². The van der Waals surface area contributed by atoms with Crippen LogP contribution in [0.2, 0.25) is 5.02 Å². The Balaban J connectivity index is 1.83. The molecule has 154 valence electrons. The number of hydrogen-bond acceptors (Lipinski definition) is 4. The van der Waals surface area contributed by atoms with Crippen molar-refractivity contribution in [1.82, 2.24) is 4.31 Å². The largest absolute Gasteiger partial charge is 0.325 e. The van der Waals surface area contributed by atoms with Crippen LogP contribution in [-0.2, 0) is 14.8 Å². The van der Waals surface area contributed by atoms with Gasteiger partial charge in [0.2, 0.25) is 15.9 Å². The SMILES string of the molecule is CC(=O)Nc1ccc(NC(=O)c2ccc(F)c(S(=O)(=O)N3CCCC3)c2)cc1Cl. The molecule has 2 aromatic carbocycles. The molecule has 10 heteroatoms. The van der Waals surface area contributed by atoms with Crippen LogP contribution in [0.1, 0.15) is 30.1 Å². The van der Waals surface area contributed by atoms with E-state index in [2.05, 4.69) is 10.6 Å². The number of amides is 2. The van der Waals surface area contributed by atoms with Gasteiger partial charge < -0.3 is 10.6 Å². The highest BCUT2D eigenvalue weighted by atomic mass is 35.5. The Morgan fingerprint density at radius 1 is 1.07 bits per heavy atom. The smallest absolute Gasteiger partial charge is 0.255 e.